The summed E-state index contributed by atoms with van der Waals surface area (Å²) in [6.45, 7) is 14.3. The monoisotopic (exact) mass is 374 g/mol. The Morgan fingerprint density at radius 3 is 2.41 bits per heavy atom. The van der Waals surface area contributed by atoms with E-state index >= 15 is 0 Å². The van der Waals surface area contributed by atoms with Crippen molar-refractivity contribution in [1.82, 2.24) is 14.8 Å². The van der Waals surface area contributed by atoms with E-state index in [1.165, 1.54) is 24.9 Å². The van der Waals surface area contributed by atoms with E-state index in [0.29, 0.717) is 25.2 Å². The third kappa shape index (κ3) is 4.92. The molecule has 0 N–H and O–H groups in total. The van der Waals surface area contributed by atoms with Crippen molar-refractivity contribution in [2.75, 3.05) is 37.6 Å². The van der Waals surface area contributed by atoms with Gasteiger partial charge in [-0.1, -0.05) is 6.07 Å². The zero-order chi connectivity index (χ0) is 19.6. The Kier molecular flexibility index (Phi) is 5.94. The summed E-state index contributed by atoms with van der Waals surface area (Å²) < 4.78 is 5.47. The molecule has 0 saturated carbocycles. The van der Waals surface area contributed by atoms with Gasteiger partial charge in [0.05, 0.1) is 0 Å². The summed E-state index contributed by atoms with van der Waals surface area (Å²) in [6, 6.07) is 5.43. The molecular weight excluding hydrogens is 340 g/mol. The second kappa shape index (κ2) is 8.05. The molecule has 0 bridgehead atoms. The molecule has 0 aromatic carbocycles. The fourth-order valence-corrected chi connectivity index (χ4v) is 3.99. The second-order valence-corrected chi connectivity index (χ2v) is 8.89. The van der Waals surface area contributed by atoms with Crippen molar-refractivity contribution in [3.63, 3.8) is 0 Å². The van der Waals surface area contributed by atoms with E-state index in [2.05, 4.69) is 35.8 Å². The Balaban J connectivity index is 1.57. The van der Waals surface area contributed by atoms with Crippen LogP contribution in [0.5, 0.6) is 0 Å². The zero-order valence-electron chi connectivity index (χ0n) is 17.4. The minimum Gasteiger partial charge on any atom is -0.444 e. The maximum atomic E-state index is 12.2. The SMILES string of the molecule is CC(C)N1CCC[C@@H]1c1ccc(N2CCN(C(=O)OC(C)(C)C)CC2)nc1. The van der Waals surface area contributed by atoms with Crippen molar-refractivity contribution in [2.45, 2.75) is 65.1 Å². The van der Waals surface area contributed by atoms with Crippen LogP contribution in [0.15, 0.2) is 18.3 Å². The lowest BCUT2D eigenvalue weighted by atomic mass is 10.1. The van der Waals surface area contributed by atoms with Gasteiger partial charge in [0.1, 0.15) is 11.4 Å². The highest BCUT2D eigenvalue weighted by Crippen LogP contribution is 2.33. The number of amides is 1. The molecule has 1 aromatic rings. The Morgan fingerprint density at radius 2 is 1.85 bits per heavy atom. The highest BCUT2D eigenvalue weighted by Gasteiger charge is 2.29. The van der Waals surface area contributed by atoms with Crippen LogP contribution in [0.25, 0.3) is 0 Å². The molecule has 0 spiro atoms. The van der Waals surface area contributed by atoms with Crippen LogP contribution in [0.1, 0.15) is 59.1 Å². The predicted molar refractivity (Wildman–Crippen MR) is 108 cm³/mol. The molecule has 0 aliphatic carbocycles. The molecule has 2 saturated heterocycles. The summed E-state index contributed by atoms with van der Waals surface area (Å²) in [5.41, 5.74) is 0.868. The van der Waals surface area contributed by atoms with E-state index in [4.69, 9.17) is 9.72 Å². The van der Waals surface area contributed by atoms with Crippen LogP contribution >= 0.6 is 0 Å². The van der Waals surface area contributed by atoms with Crippen LogP contribution in [0.3, 0.4) is 0 Å². The van der Waals surface area contributed by atoms with Crippen LogP contribution in [0.4, 0.5) is 10.6 Å². The number of hydrogen-bond acceptors (Lipinski definition) is 5. The summed E-state index contributed by atoms with van der Waals surface area (Å²) in [6.07, 6.45) is 4.30. The fraction of sp³-hybridized carbons (Fsp3) is 0.714. The summed E-state index contributed by atoms with van der Waals surface area (Å²) in [5.74, 6) is 0.997. The minimum absolute atomic E-state index is 0.222. The van der Waals surface area contributed by atoms with Crippen LogP contribution in [-0.4, -0.2) is 65.2 Å². The van der Waals surface area contributed by atoms with Crippen molar-refractivity contribution in [3.05, 3.63) is 23.9 Å². The van der Waals surface area contributed by atoms with Gasteiger partial charge >= 0.3 is 6.09 Å². The largest absolute Gasteiger partial charge is 0.444 e. The maximum Gasteiger partial charge on any atom is 0.410 e. The van der Waals surface area contributed by atoms with Gasteiger partial charge in [-0.3, -0.25) is 4.90 Å². The number of carbonyl (C=O) groups excluding carboxylic acids is 1. The molecule has 1 aromatic heterocycles. The smallest absolute Gasteiger partial charge is 0.410 e. The van der Waals surface area contributed by atoms with Crippen molar-refractivity contribution >= 4 is 11.9 Å². The summed E-state index contributed by atoms with van der Waals surface area (Å²) in [5, 5.41) is 0. The Hall–Kier alpha value is -1.82. The molecule has 2 aliphatic rings. The van der Waals surface area contributed by atoms with Gasteiger partial charge in [-0.15, -0.1) is 0 Å². The van der Waals surface area contributed by atoms with Crippen LogP contribution in [-0.2, 0) is 4.74 Å². The zero-order valence-corrected chi connectivity index (χ0v) is 17.4. The highest BCUT2D eigenvalue weighted by molar-refractivity contribution is 5.68. The summed E-state index contributed by atoms with van der Waals surface area (Å²) in [7, 11) is 0. The van der Waals surface area contributed by atoms with Gasteiger partial charge in [-0.2, -0.15) is 0 Å². The minimum atomic E-state index is -0.449. The molecule has 3 heterocycles. The number of pyridine rings is 1. The van der Waals surface area contributed by atoms with Crippen LogP contribution in [0.2, 0.25) is 0 Å². The molecule has 6 nitrogen and oxygen atoms in total. The van der Waals surface area contributed by atoms with Crippen LogP contribution in [0, 0.1) is 0 Å². The number of nitrogens with zero attached hydrogens (tertiary/aromatic N) is 4. The van der Waals surface area contributed by atoms with Crippen molar-refractivity contribution in [1.29, 1.82) is 0 Å². The normalized spacial score (nSPS) is 21.8. The first-order valence-corrected chi connectivity index (χ1v) is 10.2. The van der Waals surface area contributed by atoms with Gasteiger partial charge in [0, 0.05) is 44.5 Å². The van der Waals surface area contributed by atoms with E-state index < -0.39 is 5.60 Å². The standard InChI is InChI=1S/C21H34N4O2/c1-16(2)25-10-6-7-18(25)17-8-9-19(22-15-17)23-11-13-24(14-12-23)20(26)27-21(3,4)5/h8-9,15-16,18H,6-7,10-14H2,1-5H3/t18-/m1/s1. The Labute approximate surface area is 163 Å². The predicted octanol–water partition coefficient (Wildman–Crippen LogP) is 3.68. The average Bonchev–Trinajstić information content (AvgIpc) is 3.11. The first-order valence-electron chi connectivity index (χ1n) is 10.2. The number of rotatable bonds is 3. The number of carbonyl (C=O) groups is 1. The quantitative estimate of drug-likeness (QED) is 0.808. The van der Waals surface area contributed by atoms with E-state index in [1.54, 1.807) is 4.90 Å². The lowest BCUT2D eigenvalue weighted by molar-refractivity contribution is 0.0240. The number of hydrogen-bond donors (Lipinski definition) is 0. The third-order valence-corrected chi connectivity index (χ3v) is 5.37. The van der Waals surface area contributed by atoms with Gasteiger partial charge in [0.2, 0.25) is 0 Å². The lowest BCUT2D eigenvalue weighted by Gasteiger charge is -2.36. The average molecular weight is 375 g/mol. The number of anilines is 1. The number of aromatic nitrogens is 1. The molecule has 3 rings (SSSR count). The Morgan fingerprint density at radius 1 is 1.15 bits per heavy atom. The molecule has 27 heavy (non-hydrogen) atoms. The first-order chi connectivity index (χ1) is 12.7. The molecule has 1 amide bonds. The fourth-order valence-electron chi connectivity index (χ4n) is 3.99. The number of ether oxygens (including phenoxy) is 1. The van der Waals surface area contributed by atoms with Gasteiger partial charge in [0.25, 0.3) is 0 Å². The second-order valence-electron chi connectivity index (χ2n) is 8.89. The molecule has 2 fully saturated rings. The molecule has 1 atom stereocenters. The Bertz CT molecular complexity index is 631. The third-order valence-electron chi connectivity index (χ3n) is 5.37. The van der Waals surface area contributed by atoms with E-state index in [0.717, 1.165) is 18.9 Å². The lowest BCUT2D eigenvalue weighted by Crippen LogP contribution is -2.50. The van der Waals surface area contributed by atoms with Gasteiger partial charge in [0.15, 0.2) is 0 Å². The van der Waals surface area contributed by atoms with E-state index in [-0.39, 0.29) is 6.09 Å². The summed E-state index contributed by atoms with van der Waals surface area (Å²) >= 11 is 0. The number of likely N-dealkylation sites (tertiary alicyclic amines) is 1. The first kappa shape index (κ1) is 19.9. The molecule has 150 valence electrons. The molecule has 0 radical (unpaired) electrons. The van der Waals surface area contributed by atoms with Gasteiger partial charge in [-0.05, 0) is 65.6 Å². The van der Waals surface area contributed by atoms with Gasteiger partial charge < -0.3 is 14.5 Å². The number of piperazine rings is 1. The molecule has 2 aliphatic heterocycles. The van der Waals surface area contributed by atoms with E-state index in [9.17, 15) is 4.79 Å². The topological polar surface area (TPSA) is 48.9 Å². The van der Waals surface area contributed by atoms with Crippen molar-refractivity contribution < 1.29 is 9.53 Å². The molecule has 6 heteroatoms. The molecule has 0 unspecified atom stereocenters. The maximum absolute atomic E-state index is 12.2. The highest BCUT2D eigenvalue weighted by atomic mass is 16.6. The van der Waals surface area contributed by atoms with Crippen molar-refractivity contribution in [3.8, 4) is 0 Å². The summed E-state index contributed by atoms with van der Waals surface area (Å²) in [4.78, 5) is 23.5. The molecular formula is C21H34N4O2. The van der Waals surface area contributed by atoms with Crippen molar-refractivity contribution in [2.24, 2.45) is 0 Å². The van der Waals surface area contributed by atoms with Crippen LogP contribution < -0.4 is 4.90 Å². The van der Waals surface area contributed by atoms with E-state index in [1.807, 2.05) is 27.0 Å². The van der Waals surface area contributed by atoms with Gasteiger partial charge in [-0.25, -0.2) is 9.78 Å².